The number of allylic oxidation sites excluding steroid dienone is 2. The largest absolute Gasteiger partial charge is 0.469 e. The molecular formula is C12H14F2O7S. The van der Waals surface area contributed by atoms with Crippen LogP contribution < -0.4 is 0 Å². The molecular weight excluding hydrogens is 326 g/mol. The van der Waals surface area contributed by atoms with Crippen molar-refractivity contribution in [3.05, 3.63) is 12.2 Å². The van der Waals surface area contributed by atoms with Gasteiger partial charge < -0.3 is 9.47 Å². The number of alkyl halides is 2. The third kappa shape index (κ3) is 2.84. The molecule has 0 amide bonds. The molecule has 0 aliphatic heterocycles. The topological polar surface area (TPSA) is 107 Å². The second-order valence-corrected chi connectivity index (χ2v) is 6.79. The Balaban J connectivity index is 2.09. The van der Waals surface area contributed by atoms with Gasteiger partial charge in [0, 0.05) is 0 Å². The SMILES string of the molecule is COC(=O)C1C2C=CC(C2)C1C(=O)OCC(F)(F)S(=O)(=O)O. The maximum atomic E-state index is 13.1. The smallest absolute Gasteiger partial charge is 0.402 e. The van der Waals surface area contributed by atoms with Crippen LogP contribution in [0.3, 0.4) is 0 Å². The Labute approximate surface area is 125 Å². The fourth-order valence-electron chi connectivity index (χ4n) is 2.93. The van der Waals surface area contributed by atoms with Crippen molar-refractivity contribution in [2.24, 2.45) is 23.7 Å². The third-order valence-corrected chi connectivity index (χ3v) is 4.84. The van der Waals surface area contributed by atoms with Crippen LogP contribution in [0, 0.1) is 23.7 Å². The molecule has 2 bridgehead atoms. The molecule has 0 saturated heterocycles. The lowest BCUT2D eigenvalue weighted by Gasteiger charge is -2.24. The molecule has 0 aromatic rings. The summed E-state index contributed by atoms with van der Waals surface area (Å²) in [5.41, 5.74) is 0. The van der Waals surface area contributed by atoms with E-state index in [9.17, 15) is 26.8 Å². The lowest BCUT2D eigenvalue weighted by atomic mass is 9.83. The highest BCUT2D eigenvalue weighted by Gasteiger charge is 2.54. The molecule has 7 nitrogen and oxygen atoms in total. The highest BCUT2D eigenvalue weighted by molar-refractivity contribution is 7.86. The van der Waals surface area contributed by atoms with Gasteiger partial charge in [0.1, 0.15) is 0 Å². The van der Waals surface area contributed by atoms with Gasteiger partial charge in [-0.15, -0.1) is 0 Å². The molecule has 0 heterocycles. The summed E-state index contributed by atoms with van der Waals surface area (Å²) in [6.45, 7) is -1.81. The summed E-state index contributed by atoms with van der Waals surface area (Å²) in [5.74, 6) is -4.19. The van der Waals surface area contributed by atoms with Gasteiger partial charge in [-0.25, -0.2) is 0 Å². The van der Waals surface area contributed by atoms with Crippen molar-refractivity contribution in [2.75, 3.05) is 13.7 Å². The van der Waals surface area contributed by atoms with E-state index in [0.717, 1.165) is 7.11 Å². The zero-order valence-corrected chi connectivity index (χ0v) is 12.3. The molecule has 0 aromatic carbocycles. The van der Waals surface area contributed by atoms with Crippen molar-refractivity contribution >= 4 is 22.1 Å². The molecule has 10 heteroatoms. The number of methoxy groups -OCH3 is 1. The monoisotopic (exact) mass is 340 g/mol. The molecule has 2 rings (SSSR count). The molecule has 0 radical (unpaired) electrons. The van der Waals surface area contributed by atoms with Crippen LogP contribution in [0.15, 0.2) is 12.2 Å². The summed E-state index contributed by atoms with van der Waals surface area (Å²) >= 11 is 0. The van der Waals surface area contributed by atoms with Crippen LogP contribution in [0.5, 0.6) is 0 Å². The van der Waals surface area contributed by atoms with Gasteiger partial charge in [0.25, 0.3) is 0 Å². The first-order chi connectivity index (χ1) is 10.1. The predicted molar refractivity (Wildman–Crippen MR) is 67.2 cm³/mol. The van der Waals surface area contributed by atoms with Crippen molar-refractivity contribution in [3.63, 3.8) is 0 Å². The van der Waals surface area contributed by atoms with Gasteiger partial charge in [-0.3, -0.25) is 14.1 Å². The summed E-state index contributed by atoms with van der Waals surface area (Å²) in [4.78, 5) is 23.7. The number of carbonyl (C=O) groups is 2. The molecule has 2 aliphatic rings. The van der Waals surface area contributed by atoms with Gasteiger partial charge in [-0.05, 0) is 18.3 Å². The summed E-state index contributed by atoms with van der Waals surface area (Å²) in [6, 6.07) is 0. The van der Waals surface area contributed by atoms with E-state index in [4.69, 9.17) is 4.55 Å². The second kappa shape index (κ2) is 5.58. The predicted octanol–water partition coefficient (Wildman–Crippen LogP) is 0.621. The van der Waals surface area contributed by atoms with Crippen LogP contribution in [-0.2, 0) is 29.2 Å². The van der Waals surface area contributed by atoms with Crippen LogP contribution >= 0.6 is 0 Å². The number of fused-ring (bicyclic) bond motifs is 2. The van der Waals surface area contributed by atoms with E-state index in [-0.39, 0.29) is 11.8 Å². The Hall–Kier alpha value is -1.55. The zero-order valence-electron chi connectivity index (χ0n) is 11.4. The first-order valence-corrected chi connectivity index (χ1v) is 7.80. The molecule has 4 atom stereocenters. The lowest BCUT2D eigenvalue weighted by Crippen LogP contribution is -2.39. The number of carbonyl (C=O) groups excluding carboxylic acids is 2. The number of rotatable bonds is 5. The van der Waals surface area contributed by atoms with E-state index in [2.05, 4.69) is 9.47 Å². The minimum Gasteiger partial charge on any atom is -0.469 e. The van der Waals surface area contributed by atoms with Crippen LogP contribution in [-0.4, -0.2) is 43.9 Å². The molecule has 1 N–H and O–H groups in total. The Morgan fingerprint density at radius 1 is 1.23 bits per heavy atom. The van der Waals surface area contributed by atoms with E-state index < -0.39 is 45.8 Å². The van der Waals surface area contributed by atoms with E-state index in [1.165, 1.54) is 0 Å². The zero-order chi connectivity index (χ0) is 16.7. The molecule has 1 saturated carbocycles. The molecule has 0 aromatic heterocycles. The van der Waals surface area contributed by atoms with Gasteiger partial charge in [-0.2, -0.15) is 17.2 Å². The summed E-state index contributed by atoms with van der Waals surface area (Å²) < 4.78 is 64.3. The van der Waals surface area contributed by atoms with Crippen molar-refractivity contribution in [1.29, 1.82) is 0 Å². The van der Waals surface area contributed by atoms with Gasteiger partial charge in [0.2, 0.25) is 0 Å². The van der Waals surface area contributed by atoms with Gasteiger partial charge in [0.05, 0.1) is 18.9 Å². The summed E-state index contributed by atoms with van der Waals surface area (Å²) in [7, 11) is -4.54. The Morgan fingerprint density at radius 2 is 1.73 bits per heavy atom. The lowest BCUT2D eigenvalue weighted by molar-refractivity contribution is -0.163. The van der Waals surface area contributed by atoms with Crippen molar-refractivity contribution in [2.45, 2.75) is 11.7 Å². The first-order valence-electron chi connectivity index (χ1n) is 6.36. The maximum Gasteiger partial charge on any atom is 0.402 e. The highest BCUT2D eigenvalue weighted by atomic mass is 32.2. The molecule has 22 heavy (non-hydrogen) atoms. The van der Waals surface area contributed by atoms with Crippen LogP contribution in [0.2, 0.25) is 0 Å². The minimum absolute atomic E-state index is 0.239. The Bertz CT molecular complexity index is 613. The summed E-state index contributed by atoms with van der Waals surface area (Å²) in [6.07, 6.45) is 3.94. The first kappa shape index (κ1) is 16.8. The highest BCUT2D eigenvalue weighted by Crippen LogP contribution is 2.49. The van der Waals surface area contributed by atoms with Crippen LogP contribution in [0.25, 0.3) is 0 Å². The molecule has 0 spiro atoms. The van der Waals surface area contributed by atoms with E-state index in [1.54, 1.807) is 12.2 Å². The molecule has 1 fully saturated rings. The van der Waals surface area contributed by atoms with Crippen LogP contribution in [0.1, 0.15) is 6.42 Å². The van der Waals surface area contributed by atoms with Crippen molar-refractivity contribution in [1.82, 2.24) is 0 Å². The number of hydrogen-bond donors (Lipinski definition) is 1. The second-order valence-electron chi connectivity index (χ2n) is 5.24. The number of ether oxygens (including phenoxy) is 2. The third-order valence-electron chi connectivity index (χ3n) is 3.96. The van der Waals surface area contributed by atoms with Crippen LogP contribution in [0.4, 0.5) is 8.78 Å². The molecule has 4 unspecified atom stereocenters. The maximum absolute atomic E-state index is 13.1. The van der Waals surface area contributed by atoms with Gasteiger partial charge >= 0.3 is 27.3 Å². The number of esters is 2. The fraction of sp³-hybridized carbons (Fsp3) is 0.667. The van der Waals surface area contributed by atoms with Crippen molar-refractivity contribution in [3.8, 4) is 0 Å². The van der Waals surface area contributed by atoms with Gasteiger partial charge in [-0.1, -0.05) is 12.2 Å². The number of hydrogen-bond acceptors (Lipinski definition) is 6. The molecule has 2 aliphatic carbocycles. The normalized spacial score (nSPS) is 30.4. The molecule has 124 valence electrons. The minimum atomic E-state index is -5.68. The van der Waals surface area contributed by atoms with E-state index in [1.807, 2.05) is 0 Å². The van der Waals surface area contributed by atoms with E-state index in [0.29, 0.717) is 6.42 Å². The average Bonchev–Trinajstić information content (AvgIpc) is 3.03. The average molecular weight is 340 g/mol. The number of halogens is 2. The van der Waals surface area contributed by atoms with E-state index >= 15 is 0 Å². The summed E-state index contributed by atoms with van der Waals surface area (Å²) in [5, 5.41) is -4.60. The van der Waals surface area contributed by atoms with Gasteiger partial charge in [0.15, 0.2) is 6.61 Å². The Kier molecular flexibility index (Phi) is 4.26. The standard InChI is InChI=1S/C12H14F2O7S/c1-20-10(15)8-6-2-3-7(4-6)9(8)11(16)21-5-12(13,14)22(17,18)19/h2-3,6-9H,4-5H2,1H3,(H,17,18,19). The quantitative estimate of drug-likeness (QED) is 0.444. The Morgan fingerprint density at radius 3 is 2.18 bits per heavy atom. The van der Waals surface area contributed by atoms with Crippen molar-refractivity contribution < 1.29 is 40.8 Å². The fourth-order valence-corrected chi connectivity index (χ4v) is 3.13.